The molecule has 0 fully saturated rings. The molecule has 12 aromatic rings. The van der Waals surface area contributed by atoms with E-state index in [9.17, 15) is 0 Å². The van der Waals surface area contributed by atoms with E-state index in [1.54, 1.807) is 0 Å². The molecule has 1 aromatic heterocycles. The van der Waals surface area contributed by atoms with Crippen molar-refractivity contribution in [3.63, 3.8) is 0 Å². The fourth-order valence-electron chi connectivity index (χ4n) is 11.2. The van der Waals surface area contributed by atoms with Gasteiger partial charge in [0.25, 0.3) is 0 Å². The van der Waals surface area contributed by atoms with Gasteiger partial charge in [0.05, 0.1) is 11.0 Å². The Kier molecular flexibility index (Phi) is 9.55. The van der Waals surface area contributed by atoms with Crippen LogP contribution in [0, 0.1) is 0 Å². The van der Waals surface area contributed by atoms with Gasteiger partial charge in [-0.15, -0.1) is 0 Å². The monoisotopic (exact) mass is 880 g/mol. The highest BCUT2D eigenvalue weighted by molar-refractivity contribution is 6.09. The predicted octanol–water partition coefficient (Wildman–Crippen LogP) is 18.4. The second-order valence-electron chi connectivity index (χ2n) is 18.9. The maximum Gasteiger partial charge on any atom is 0.0541 e. The number of aromatic nitrogens is 1. The van der Waals surface area contributed by atoms with Gasteiger partial charge in [-0.3, -0.25) is 0 Å². The van der Waals surface area contributed by atoms with Crippen molar-refractivity contribution in [3.05, 3.63) is 266 Å². The largest absolute Gasteiger partial charge is 0.311 e. The zero-order valence-corrected chi connectivity index (χ0v) is 38.6. The minimum absolute atomic E-state index is 0.0192. The van der Waals surface area contributed by atoms with E-state index in [4.69, 9.17) is 0 Å². The SMILES string of the molecule is CC1(C)c2ccccc2-c2cc(-c3ccc(N(c4ccc(-c5ccc(-n6c7ccccc7c7ccccc76)cc5)cc4)c4ccc(-c5cccc6cccc(-c7ccccc7)c56)cc4)cc3)ccc21. The van der Waals surface area contributed by atoms with Gasteiger partial charge in [0.1, 0.15) is 0 Å². The lowest BCUT2D eigenvalue weighted by Crippen LogP contribution is -2.14. The van der Waals surface area contributed by atoms with Crippen LogP contribution in [0.1, 0.15) is 25.0 Å². The summed E-state index contributed by atoms with van der Waals surface area (Å²) in [6.07, 6.45) is 0. The van der Waals surface area contributed by atoms with Crippen molar-refractivity contribution in [2.45, 2.75) is 19.3 Å². The Balaban J connectivity index is 0.868. The summed E-state index contributed by atoms with van der Waals surface area (Å²) in [6, 6.07) is 93.5. The number of nitrogens with zero attached hydrogens (tertiary/aromatic N) is 2. The third-order valence-corrected chi connectivity index (χ3v) is 14.6. The number of fused-ring (bicyclic) bond motifs is 7. The number of hydrogen-bond acceptors (Lipinski definition) is 1. The third kappa shape index (κ3) is 6.79. The Morgan fingerprint density at radius 3 is 1.35 bits per heavy atom. The molecule has 2 heteroatoms. The molecule has 0 unspecified atom stereocenters. The molecule has 0 radical (unpaired) electrons. The first-order valence-corrected chi connectivity index (χ1v) is 24.0. The summed E-state index contributed by atoms with van der Waals surface area (Å²) in [5, 5.41) is 5.04. The van der Waals surface area contributed by atoms with Crippen molar-refractivity contribution in [1.82, 2.24) is 4.57 Å². The topological polar surface area (TPSA) is 8.17 Å². The lowest BCUT2D eigenvalue weighted by Gasteiger charge is -2.26. The molecule has 0 spiro atoms. The van der Waals surface area contributed by atoms with Crippen molar-refractivity contribution >= 4 is 49.6 Å². The minimum Gasteiger partial charge on any atom is -0.311 e. The van der Waals surface area contributed by atoms with E-state index in [-0.39, 0.29) is 5.41 Å². The highest BCUT2D eigenvalue weighted by Crippen LogP contribution is 2.50. The molecule has 0 atom stereocenters. The van der Waals surface area contributed by atoms with Crippen LogP contribution in [0.25, 0.3) is 93.9 Å². The molecule has 13 rings (SSSR count). The Labute approximate surface area is 403 Å². The van der Waals surface area contributed by atoms with E-state index in [0.29, 0.717) is 0 Å². The zero-order valence-electron chi connectivity index (χ0n) is 38.6. The van der Waals surface area contributed by atoms with Crippen LogP contribution in [0.2, 0.25) is 0 Å². The van der Waals surface area contributed by atoms with Gasteiger partial charge in [-0.25, -0.2) is 0 Å². The summed E-state index contributed by atoms with van der Waals surface area (Å²) in [7, 11) is 0. The maximum atomic E-state index is 2.39. The Morgan fingerprint density at radius 2 is 0.754 bits per heavy atom. The van der Waals surface area contributed by atoms with E-state index >= 15 is 0 Å². The first-order valence-electron chi connectivity index (χ1n) is 24.0. The van der Waals surface area contributed by atoms with Gasteiger partial charge in [-0.2, -0.15) is 0 Å². The van der Waals surface area contributed by atoms with E-state index in [1.807, 2.05) is 0 Å². The first-order chi connectivity index (χ1) is 34.0. The molecule has 1 aliphatic carbocycles. The highest BCUT2D eigenvalue weighted by atomic mass is 15.1. The number of benzene rings is 11. The molecular weight excluding hydrogens is 833 g/mol. The zero-order chi connectivity index (χ0) is 46.1. The van der Waals surface area contributed by atoms with Crippen molar-refractivity contribution in [2.24, 2.45) is 0 Å². The van der Waals surface area contributed by atoms with Gasteiger partial charge in [-0.05, 0) is 144 Å². The molecule has 1 aliphatic rings. The van der Waals surface area contributed by atoms with Gasteiger partial charge in [-0.1, -0.05) is 202 Å². The Bertz CT molecular complexity index is 3820. The van der Waals surface area contributed by atoms with Crippen LogP contribution >= 0.6 is 0 Å². The highest BCUT2D eigenvalue weighted by Gasteiger charge is 2.35. The van der Waals surface area contributed by atoms with E-state index in [0.717, 1.165) is 22.7 Å². The summed E-state index contributed by atoms with van der Waals surface area (Å²) in [6.45, 7) is 4.68. The second kappa shape index (κ2) is 16.3. The van der Waals surface area contributed by atoms with Crippen molar-refractivity contribution < 1.29 is 0 Å². The van der Waals surface area contributed by atoms with Crippen LogP contribution in [0.3, 0.4) is 0 Å². The molecule has 11 aromatic carbocycles. The van der Waals surface area contributed by atoms with Gasteiger partial charge in [0, 0.05) is 38.9 Å². The molecule has 0 amide bonds. The standard InChI is InChI=1S/C67H48N2/c1-67(2)62-23-9-6-18-58(62)61-44-51(34-43-63(61)67)47-30-37-53(38-31-47)68(54-41-32-49(33-42-54)57-22-13-17-50-16-12-21-56(66(50)57)48-14-4-3-5-15-48)52-35-26-45(27-36-52)46-28-39-55(40-29-46)69-64-24-10-7-19-59(64)60-20-8-11-25-65(60)69/h3-44H,1-2H3. The Hall–Kier alpha value is -8.72. The molecule has 0 saturated carbocycles. The minimum atomic E-state index is -0.0192. The molecule has 0 saturated heterocycles. The number of para-hydroxylation sites is 2. The summed E-state index contributed by atoms with van der Waals surface area (Å²) in [4.78, 5) is 2.38. The van der Waals surface area contributed by atoms with E-state index in [2.05, 4.69) is 278 Å². The van der Waals surface area contributed by atoms with Crippen LogP contribution < -0.4 is 4.90 Å². The van der Waals surface area contributed by atoms with Gasteiger partial charge in [0.15, 0.2) is 0 Å². The normalized spacial score (nSPS) is 12.6. The van der Waals surface area contributed by atoms with Crippen molar-refractivity contribution in [1.29, 1.82) is 0 Å². The second-order valence-corrected chi connectivity index (χ2v) is 18.9. The molecule has 69 heavy (non-hydrogen) atoms. The third-order valence-electron chi connectivity index (χ3n) is 14.6. The summed E-state index contributed by atoms with van der Waals surface area (Å²) < 4.78 is 2.37. The van der Waals surface area contributed by atoms with E-state index < -0.39 is 0 Å². The lowest BCUT2D eigenvalue weighted by molar-refractivity contribution is 0.660. The van der Waals surface area contributed by atoms with Gasteiger partial charge >= 0.3 is 0 Å². The van der Waals surface area contributed by atoms with Crippen LogP contribution in [-0.4, -0.2) is 4.57 Å². The van der Waals surface area contributed by atoms with Crippen molar-refractivity contribution in [3.8, 4) is 61.3 Å². The summed E-state index contributed by atoms with van der Waals surface area (Å²) in [5.41, 5.74) is 22.0. The van der Waals surface area contributed by atoms with E-state index in [1.165, 1.54) is 99.3 Å². The number of hydrogen-bond donors (Lipinski definition) is 0. The molecule has 2 nitrogen and oxygen atoms in total. The Morgan fingerprint density at radius 1 is 0.319 bits per heavy atom. The molecular formula is C67H48N2. The van der Waals surface area contributed by atoms with Gasteiger partial charge < -0.3 is 9.47 Å². The average molecular weight is 881 g/mol. The quantitative estimate of drug-likeness (QED) is 0.148. The lowest BCUT2D eigenvalue weighted by atomic mass is 9.82. The molecule has 1 heterocycles. The molecule has 0 aliphatic heterocycles. The predicted molar refractivity (Wildman–Crippen MR) is 292 cm³/mol. The number of rotatable bonds is 8. The van der Waals surface area contributed by atoms with Crippen molar-refractivity contribution in [2.75, 3.05) is 4.90 Å². The van der Waals surface area contributed by atoms with Gasteiger partial charge in [0.2, 0.25) is 0 Å². The molecule has 0 N–H and O–H groups in total. The van der Waals surface area contributed by atoms with Crippen LogP contribution in [0.4, 0.5) is 17.1 Å². The number of anilines is 3. The van der Waals surface area contributed by atoms with Crippen LogP contribution in [-0.2, 0) is 5.41 Å². The molecule has 0 bridgehead atoms. The molecule has 326 valence electrons. The fourth-order valence-corrected chi connectivity index (χ4v) is 11.2. The first kappa shape index (κ1) is 40.5. The summed E-state index contributed by atoms with van der Waals surface area (Å²) in [5.74, 6) is 0. The maximum absolute atomic E-state index is 2.39. The van der Waals surface area contributed by atoms with Crippen LogP contribution in [0.5, 0.6) is 0 Å². The smallest absolute Gasteiger partial charge is 0.0541 e. The van der Waals surface area contributed by atoms with Crippen LogP contribution in [0.15, 0.2) is 255 Å². The fraction of sp³-hybridized carbons (Fsp3) is 0.0448. The summed E-state index contributed by atoms with van der Waals surface area (Å²) >= 11 is 0. The average Bonchev–Trinajstić information content (AvgIpc) is 3.87.